The fourth-order valence-corrected chi connectivity index (χ4v) is 3.52. The molecule has 1 amide bonds. The van der Waals surface area contributed by atoms with Crippen molar-refractivity contribution < 1.29 is 18.7 Å². The van der Waals surface area contributed by atoms with Crippen molar-refractivity contribution in [1.29, 1.82) is 0 Å². The number of aromatic nitrogens is 1. The number of nitrogens with one attached hydrogen (secondary N) is 1. The molecular weight excluding hydrogens is 394 g/mol. The Bertz CT molecular complexity index is 1010. The summed E-state index contributed by atoms with van der Waals surface area (Å²) in [6, 6.07) is 17.3. The highest BCUT2D eigenvalue weighted by Crippen LogP contribution is 2.22. The number of aryl methyl sites for hydroxylation is 1. The summed E-state index contributed by atoms with van der Waals surface area (Å²) < 4.78 is 10.7. The Kier molecular flexibility index (Phi) is 6.62. The monoisotopic (exact) mass is 419 g/mol. The number of rotatable bonds is 8. The van der Waals surface area contributed by atoms with Crippen LogP contribution in [0.25, 0.3) is 11.3 Å². The number of esters is 1. The predicted octanol–water partition coefficient (Wildman–Crippen LogP) is 4.06. The van der Waals surface area contributed by atoms with Crippen molar-refractivity contribution in [3.05, 3.63) is 66.7 Å². The van der Waals surface area contributed by atoms with Gasteiger partial charge in [-0.25, -0.2) is 4.98 Å². The van der Waals surface area contributed by atoms with Gasteiger partial charge < -0.3 is 19.4 Å². The zero-order valence-electron chi connectivity index (χ0n) is 17.3. The maximum Gasteiger partial charge on any atom is 0.306 e. The van der Waals surface area contributed by atoms with Crippen LogP contribution >= 0.6 is 0 Å². The molecule has 0 aliphatic carbocycles. The molecule has 160 valence electrons. The normalized spacial score (nSPS) is 13.2. The van der Waals surface area contributed by atoms with E-state index in [1.54, 1.807) is 6.20 Å². The van der Waals surface area contributed by atoms with Crippen LogP contribution in [0.5, 0.6) is 0 Å². The Morgan fingerprint density at radius 2 is 1.77 bits per heavy atom. The van der Waals surface area contributed by atoms with E-state index in [1.807, 2.05) is 54.6 Å². The zero-order chi connectivity index (χ0) is 21.5. The average molecular weight is 419 g/mol. The van der Waals surface area contributed by atoms with Crippen molar-refractivity contribution in [2.75, 3.05) is 29.9 Å². The quantitative estimate of drug-likeness (QED) is 0.555. The Hall–Kier alpha value is -3.61. The molecule has 0 unspecified atom stereocenters. The Morgan fingerprint density at radius 1 is 1.03 bits per heavy atom. The van der Waals surface area contributed by atoms with Crippen LogP contribution in [0.4, 0.5) is 11.4 Å². The second-order valence-electron chi connectivity index (χ2n) is 7.43. The molecule has 1 aliphatic rings. The molecule has 0 spiro atoms. The van der Waals surface area contributed by atoms with Gasteiger partial charge in [0.2, 0.25) is 0 Å². The summed E-state index contributed by atoms with van der Waals surface area (Å²) in [6.07, 6.45) is 4.47. The molecule has 0 radical (unpaired) electrons. The third-order valence-electron chi connectivity index (χ3n) is 5.14. The molecule has 0 bridgehead atoms. The van der Waals surface area contributed by atoms with Crippen molar-refractivity contribution >= 4 is 23.3 Å². The highest BCUT2D eigenvalue weighted by Gasteiger charge is 2.13. The Labute approximate surface area is 181 Å². The molecule has 4 rings (SSSR count). The number of hydrogen-bond acceptors (Lipinski definition) is 6. The Morgan fingerprint density at radius 3 is 2.52 bits per heavy atom. The fraction of sp³-hybridized carbons (Fsp3) is 0.292. The molecule has 0 atom stereocenters. The summed E-state index contributed by atoms with van der Waals surface area (Å²) in [6.45, 7) is 1.82. The fourth-order valence-electron chi connectivity index (χ4n) is 3.52. The van der Waals surface area contributed by atoms with Crippen LogP contribution in [0.1, 0.15) is 25.2 Å². The van der Waals surface area contributed by atoms with E-state index < -0.39 is 5.97 Å². The summed E-state index contributed by atoms with van der Waals surface area (Å²) in [7, 11) is 0. The molecule has 1 N–H and O–H groups in total. The van der Waals surface area contributed by atoms with E-state index in [9.17, 15) is 9.59 Å². The van der Waals surface area contributed by atoms with Crippen LogP contribution in [0, 0.1) is 0 Å². The van der Waals surface area contributed by atoms with Crippen molar-refractivity contribution in [1.82, 2.24) is 4.98 Å². The number of amides is 1. The molecule has 7 heteroatoms. The smallest absolute Gasteiger partial charge is 0.306 e. The van der Waals surface area contributed by atoms with Gasteiger partial charge in [0.1, 0.15) is 0 Å². The highest BCUT2D eigenvalue weighted by atomic mass is 16.5. The lowest BCUT2D eigenvalue weighted by Gasteiger charge is -2.17. The maximum atomic E-state index is 12.1. The van der Waals surface area contributed by atoms with Crippen LogP contribution < -0.4 is 10.2 Å². The molecule has 1 aromatic heterocycles. The minimum Gasteiger partial charge on any atom is -0.456 e. The third-order valence-corrected chi connectivity index (χ3v) is 5.14. The van der Waals surface area contributed by atoms with Gasteiger partial charge in [-0.2, -0.15) is 0 Å². The van der Waals surface area contributed by atoms with Crippen LogP contribution in [0.15, 0.2) is 65.2 Å². The van der Waals surface area contributed by atoms with Gasteiger partial charge >= 0.3 is 5.97 Å². The molecule has 2 aromatic carbocycles. The molecule has 3 aromatic rings. The van der Waals surface area contributed by atoms with Gasteiger partial charge in [-0.05, 0) is 37.1 Å². The van der Waals surface area contributed by atoms with Gasteiger partial charge in [-0.3, -0.25) is 9.59 Å². The van der Waals surface area contributed by atoms with Crippen LogP contribution in [0.3, 0.4) is 0 Å². The van der Waals surface area contributed by atoms with Crippen LogP contribution in [-0.2, 0) is 20.7 Å². The summed E-state index contributed by atoms with van der Waals surface area (Å²) in [5.74, 6) is 0.265. The maximum absolute atomic E-state index is 12.1. The van der Waals surface area contributed by atoms with E-state index in [2.05, 4.69) is 15.2 Å². The molecular formula is C24H25N3O4. The minimum absolute atomic E-state index is 0.0898. The summed E-state index contributed by atoms with van der Waals surface area (Å²) in [5, 5.41) is 2.74. The second kappa shape index (κ2) is 9.93. The van der Waals surface area contributed by atoms with Gasteiger partial charge in [-0.1, -0.05) is 30.3 Å². The SMILES string of the molecule is O=C(COC(=O)CCc1ncc(-c2ccccc2)o1)Nc1ccc(N2CCCC2)cc1. The average Bonchev–Trinajstić information content (AvgIpc) is 3.50. The molecule has 1 fully saturated rings. The zero-order valence-corrected chi connectivity index (χ0v) is 17.3. The first-order valence-corrected chi connectivity index (χ1v) is 10.5. The second-order valence-corrected chi connectivity index (χ2v) is 7.43. The third kappa shape index (κ3) is 5.72. The van der Waals surface area contributed by atoms with Gasteiger partial charge in [0.25, 0.3) is 5.91 Å². The Balaban J connectivity index is 1.18. The molecule has 1 aliphatic heterocycles. The predicted molar refractivity (Wildman–Crippen MR) is 118 cm³/mol. The van der Waals surface area contributed by atoms with Crippen molar-refractivity contribution in [2.24, 2.45) is 0 Å². The summed E-state index contributed by atoms with van der Waals surface area (Å²) in [5.41, 5.74) is 2.76. The first-order chi connectivity index (χ1) is 15.2. The van der Waals surface area contributed by atoms with E-state index in [-0.39, 0.29) is 18.9 Å². The summed E-state index contributed by atoms with van der Waals surface area (Å²) in [4.78, 5) is 30.5. The first kappa shape index (κ1) is 20.7. The number of oxazole rings is 1. The van der Waals surface area contributed by atoms with E-state index in [0.29, 0.717) is 23.8 Å². The van der Waals surface area contributed by atoms with Crippen LogP contribution in [0.2, 0.25) is 0 Å². The lowest BCUT2D eigenvalue weighted by atomic mass is 10.2. The lowest BCUT2D eigenvalue weighted by molar-refractivity contribution is -0.147. The number of carbonyl (C=O) groups excluding carboxylic acids is 2. The van der Waals surface area contributed by atoms with Crippen molar-refractivity contribution in [3.8, 4) is 11.3 Å². The molecule has 1 saturated heterocycles. The van der Waals surface area contributed by atoms with Gasteiger partial charge in [-0.15, -0.1) is 0 Å². The van der Waals surface area contributed by atoms with E-state index in [4.69, 9.17) is 9.15 Å². The van der Waals surface area contributed by atoms with Gasteiger partial charge in [0.15, 0.2) is 18.3 Å². The van der Waals surface area contributed by atoms with Crippen molar-refractivity contribution in [2.45, 2.75) is 25.7 Å². The van der Waals surface area contributed by atoms with E-state index in [0.717, 1.165) is 24.3 Å². The highest BCUT2D eigenvalue weighted by molar-refractivity contribution is 5.92. The number of ether oxygens (including phenoxy) is 1. The molecule has 7 nitrogen and oxygen atoms in total. The first-order valence-electron chi connectivity index (χ1n) is 10.5. The van der Waals surface area contributed by atoms with Crippen molar-refractivity contribution in [3.63, 3.8) is 0 Å². The van der Waals surface area contributed by atoms with E-state index in [1.165, 1.54) is 12.8 Å². The summed E-state index contributed by atoms with van der Waals surface area (Å²) >= 11 is 0. The number of anilines is 2. The number of benzene rings is 2. The number of hydrogen-bond donors (Lipinski definition) is 1. The molecule has 31 heavy (non-hydrogen) atoms. The molecule has 2 heterocycles. The standard InChI is InChI=1S/C24H25N3O4/c28-22(26-19-8-10-20(11-9-19)27-14-4-5-15-27)17-30-24(29)13-12-23-25-16-21(31-23)18-6-2-1-3-7-18/h1-3,6-11,16H,4-5,12-15,17H2,(H,26,28). The largest absolute Gasteiger partial charge is 0.456 e. The van der Waals surface area contributed by atoms with Crippen LogP contribution in [-0.4, -0.2) is 36.6 Å². The molecule has 0 saturated carbocycles. The topological polar surface area (TPSA) is 84.7 Å². The van der Waals surface area contributed by atoms with E-state index >= 15 is 0 Å². The minimum atomic E-state index is -0.473. The lowest BCUT2D eigenvalue weighted by Crippen LogP contribution is -2.21. The van der Waals surface area contributed by atoms with Gasteiger partial charge in [0, 0.05) is 36.4 Å². The number of carbonyl (C=O) groups is 2. The number of nitrogens with zero attached hydrogens (tertiary/aromatic N) is 2. The van der Waals surface area contributed by atoms with Gasteiger partial charge in [0.05, 0.1) is 12.6 Å².